The first-order valence-corrected chi connectivity index (χ1v) is 12.4. The topological polar surface area (TPSA) is 105 Å². The van der Waals surface area contributed by atoms with Crippen molar-refractivity contribution in [3.05, 3.63) is 65.0 Å². The molecule has 2 heterocycles. The molecule has 0 saturated carbocycles. The van der Waals surface area contributed by atoms with Gasteiger partial charge in [-0.2, -0.15) is 9.29 Å². The molecule has 4 rings (SSSR count). The highest BCUT2D eigenvalue weighted by molar-refractivity contribution is 7.89. The summed E-state index contributed by atoms with van der Waals surface area (Å²) in [7, 11) is -3.71. The van der Waals surface area contributed by atoms with Gasteiger partial charge in [-0.15, -0.1) is 0 Å². The van der Waals surface area contributed by atoms with Gasteiger partial charge in [0.05, 0.1) is 4.90 Å². The van der Waals surface area contributed by atoms with Crippen molar-refractivity contribution in [2.45, 2.75) is 45.1 Å². The molecular formula is C24H28N4O4S. The average Bonchev–Trinajstić information content (AvgIpc) is 3.25. The number of hydrogen-bond donors (Lipinski definition) is 1. The SMILES string of the molecule is Cc1ccc(CNC(=O)C2CCN(S(=O)(=O)c3cc(-c4noc(C)n4)ccc3C)CC2)cc1. The van der Waals surface area contributed by atoms with Crippen molar-refractivity contribution in [3.63, 3.8) is 0 Å². The van der Waals surface area contributed by atoms with E-state index in [1.807, 2.05) is 31.2 Å². The molecule has 1 aliphatic rings. The summed E-state index contributed by atoms with van der Waals surface area (Å²) >= 11 is 0. The zero-order valence-corrected chi connectivity index (χ0v) is 19.9. The van der Waals surface area contributed by atoms with E-state index in [1.165, 1.54) is 9.87 Å². The Kier molecular flexibility index (Phi) is 6.62. The maximum atomic E-state index is 13.4. The van der Waals surface area contributed by atoms with Crippen molar-refractivity contribution in [1.29, 1.82) is 0 Å². The minimum atomic E-state index is -3.71. The van der Waals surface area contributed by atoms with Crippen LogP contribution in [-0.2, 0) is 21.4 Å². The molecule has 1 saturated heterocycles. The molecule has 0 aliphatic carbocycles. The number of nitrogens with zero attached hydrogens (tertiary/aromatic N) is 3. The molecular weight excluding hydrogens is 440 g/mol. The molecule has 1 fully saturated rings. The number of hydrogen-bond acceptors (Lipinski definition) is 6. The van der Waals surface area contributed by atoms with E-state index in [0.29, 0.717) is 55.3 Å². The highest BCUT2D eigenvalue weighted by Gasteiger charge is 2.33. The second-order valence-electron chi connectivity index (χ2n) is 8.50. The Bertz CT molecular complexity index is 1240. The second kappa shape index (κ2) is 9.44. The zero-order valence-electron chi connectivity index (χ0n) is 19.0. The molecule has 174 valence electrons. The van der Waals surface area contributed by atoms with E-state index in [0.717, 1.165) is 5.56 Å². The van der Waals surface area contributed by atoms with E-state index >= 15 is 0 Å². The van der Waals surface area contributed by atoms with Gasteiger partial charge in [0.25, 0.3) is 0 Å². The van der Waals surface area contributed by atoms with Gasteiger partial charge in [0.2, 0.25) is 27.6 Å². The average molecular weight is 469 g/mol. The molecule has 0 spiro atoms. The quantitative estimate of drug-likeness (QED) is 0.595. The number of sulfonamides is 1. The van der Waals surface area contributed by atoms with Crippen LogP contribution in [0.2, 0.25) is 0 Å². The fraction of sp³-hybridized carbons (Fsp3) is 0.375. The van der Waals surface area contributed by atoms with Crippen LogP contribution >= 0.6 is 0 Å². The van der Waals surface area contributed by atoms with Crippen molar-refractivity contribution in [3.8, 4) is 11.4 Å². The molecule has 0 atom stereocenters. The predicted molar refractivity (Wildman–Crippen MR) is 124 cm³/mol. The normalized spacial score (nSPS) is 15.5. The van der Waals surface area contributed by atoms with Gasteiger partial charge in [-0.05, 0) is 43.9 Å². The number of piperidine rings is 1. The summed E-state index contributed by atoms with van der Waals surface area (Å²) in [5, 5.41) is 6.87. The minimum Gasteiger partial charge on any atom is -0.352 e. The lowest BCUT2D eigenvalue weighted by molar-refractivity contribution is -0.126. The molecule has 33 heavy (non-hydrogen) atoms. The number of carbonyl (C=O) groups is 1. The van der Waals surface area contributed by atoms with Crippen molar-refractivity contribution < 1.29 is 17.7 Å². The van der Waals surface area contributed by atoms with Crippen LogP contribution in [-0.4, -0.2) is 41.9 Å². The summed E-state index contributed by atoms with van der Waals surface area (Å²) < 4.78 is 33.2. The second-order valence-corrected chi connectivity index (χ2v) is 10.4. The van der Waals surface area contributed by atoms with Gasteiger partial charge in [0, 0.05) is 38.0 Å². The molecule has 0 radical (unpaired) electrons. The Morgan fingerprint density at radius 1 is 1.09 bits per heavy atom. The lowest BCUT2D eigenvalue weighted by Gasteiger charge is -2.31. The summed E-state index contributed by atoms with van der Waals surface area (Å²) in [6, 6.07) is 13.1. The number of aryl methyl sites for hydroxylation is 3. The van der Waals surface area contributed by atoms with E-state index in [9.17, 15) is 13.2 Å². The lowest BCUT2D eigenvalue weighted by atomic mass is 9.97. The molecule has 1 aliphatic heterocycles. The van der Waals surface area contributed by atoms with Gasteiger partial charge < -0.3 is 9.84 Å². The van der Waals surface area contributed by atoms with Crippen LogP contribution in [0.1, 0.15) is 35.4 Å². The Morgan fingerprint density at radius 2 is 1.79 bits per heavy atom. The number of benzene rings is 2. The predicted octanol–water partition coefficient (Wildman–Crippen LogP) is 3.38. The molecule has 1 aromatic heterocycles. The highest BCUT2D eigenvalue weighted by Crippen LogP contribution is 2.29. The molecule has 1 amide bonds. The Hall–Kier alpha value is -3.04. The van der Waals surface area contributed by atoms with Crippen molar-refractivity contribution in [2.75, 3.05) is 13.1 Å². The first kappa shape index (κ1) is 23.1. The molecule has 3 aromatic rings. The number of rotatable bonds is 6. The fourth-order valence-corrected chi connectivity index (χ4v) is 5.69. The molecule has 0 bridgehead atoms. The highest BCUT2D eigenvalue weighted by atomic mass is 32.2. The van der Waals surface area contributed by atoms with Crippen LogP contribution in [0.3, 0.4) is 0 Å². The van der Waals surface area contributed by atoms with Gasteiger partial charge in [-0.25, -0.2) is 8.42 Å². The molecule has 1 N–H and O–H groups in total. The van der Waals surface area contributed by atoms with E-state index in [2.05, 4.69) is 15.5 Å². The molecule has 8 nitrogen and oxygen atoms in total. The van der Waals surface area contributed by atoms with E-state index in [4.69, 9.17) is 4.52 Å². The number of amides is 1. The standard InChI is InChI=1S/C24H28N4O4S/c1-16-4-7-19(8-5-16)15-25-24(29)20-10-12-28(13-11-20)33(30,31)22-14-21(9-6-17(22)2)23-26-18(3)32-27-23/h4-9,14,20H,10-13,15H2,1-3H3,(H,25,29). The van der Waals surface area contributed by atoms with Gasteiger partial charge in [0.1, 0.15) is 0 Å². The lowest BCUT2D eigenvalue weighted by Crippen LogP contribution is -2.43. The van der Waals surface area contributed by atoms with Gasteiger partial charge in [-0.1, -0.05) is 47.1 Å². The largest absolute Gasteiger partial charge is 0.352 e. The fourth-order valence-electron chi connectivity index (χ4n) is 3.97. The van der Waals surface area contributed by atoms with Gasteiger partial charge >= 0.3 is 0 Å². The van der Waals surface area contributed by atoms with Gasteiger partial charge in [0.15, 0.2) is 0 Å². The molecule has 9 heteroatoms. The Balaban J connectivity index is 1.40. The van der Waals surface area contributed by atoms with Gasteiger partial charge in [-0.3, -0.25) is 4.79 Å². The summed E-state index contributed by atoms with van der Waals surface area (Å²) in [4.78, 5) is 17.0. The molecule has 0 unspecified atom stereocenters. The number of aromatic nitrogens is 2. The number of carbonyl (C=O) groups excluding carboxylic acids is 1. The summed E-state index contributed by atoms with van der Waals surface area (Å²) in [6.45, 7) is 6.55. The Labute approximate surface area is 194 Å². The van der Waals surface area contributed by atoms with Crippen LogP contribution in [0.4, 0.5) is 0 Å². The number of nitrogens with one attached hydrogen (secondary N) is 1. The third-order valence-corrected chi connectivity index (χ3v) is 8.04. The zero-order chi connectivity index (χ0) is 23.6. The van der Waals surface area contributed by atoms with Crippen molar-refractivity contribution in [1.82, 2.24) is 19.8 Å². The van der Waals surface area contributed by atoms with Crippen LogP contribution in [0.25, 0.3) is 11.4 Å². The Morgan fingerprint density at radius 3 is 2.42 bits per heavy atom. The summed E-state index contributed by atoms with van der Waals surface area (Å²) in [6.07, 6.45) is 0.976. The van der Waals surface area contributed by atoms with Crippen LogP contribution < -0.4 is 5.32 Å². The summed E-state index contributed by atoms with van der Waals surface area (Å²) in [5.74, 6) is 0.542. The monoisotopic (exact) mass is 468 g/mol. The summed E-state index contributed by atoms with van der Waals surface area (Å²) in [5.41, 5.74) is 3.45. The van der Waals surface area contributed by atoms with Crippen molar-refractivity contribution >= 4 is 15.9 Å². The van der Waals surface area contributed by atoms with E-state index in [1.54, 1.807) is 32.0 Å². The first-order valence-electron chi connectivity index (χ1n) is 11.0. The van der Waals surface area contributed by atoms with Crippen LogP contribution in [0.5, 0.6) is 0 Å². The third-order valence-electron chi connectivity index (χ3n) is 6.00. The van der Waals surface area contributed by atoms with Crippen LogP contribution in [0.15, 0.2) is 51.9 Å². The van der Waals surface area contributed by atoms with Crippen LogP contribution in [0, 0.1) is 26.7 Å². The maximum Gasteiger partial charge on any atom is 0.243 e. The van der Waals surface area contributed by atoms with E-state index in [-0.39, 0.29) is 16.7 Å². The first-order chi connectivity index (χ1) is 15.7. The van der Waals surface area contributed by atoms with Crippen molar-refractivity contribution in [2.24, 2.45) is 5.92 Å². The maximum absolute atomic E-state index is 13.4. The third kappa shape index (κ3) is 5.15. The smallest absolute Gasteiger partial charge is 0.243 e. The minimum absolute atomic E-state index is 0.0294. The molecule has 2 aromatic carbocycles. The van der Waals surface area contributed by atoms with E-state index < -0.39 is 10.0 Å².